The van der Waals surface area contributed by atoms with Crippen molar-refractivity contribution in [3.05, 3.63) is 30.3 Å². The van der Waals surface area contributed by atoms with E-state index in [-0.39, 0.29) is 17.9 Å². The molecule has 0 aliphatic carbocycles. The van der Waals surface area contributed by atoms with Gasteiger partial charge in [-0.05, 0) is 25.0 Å². The number of likely N-dealkylation sites (tertiary alicyclic amines) is 1. The highest BCUT2D eigenvalue weighted by Gasteiger charge is 2.28. The number of nitrogens with one attached hydrogen (secondary N) is 2. The number of anilines is 1. The molecule has 1 aromatic rings. The Labute approximate surface area is 154 Å². The van der Waals surface area contributed by atoms with Crippen LogP contribution in [0.25, 0.3) is 0 Å². The maximum Gasteiger partial charge on any atom is 0.321 e. The number of morpholine rings is 1. The largest absolute Gasteiger partial charge is 0.379 e. The number of piperidine rings is 1. The van der Waals surface area contributed by atoms with Gasteiger partial charge in [0.15, 0.2) is 0 Å². The van der Waals surface area contributed by atoms with Gasteiger partial charge in [0.2, 0.25) is 5.91 Å². The van der Waals surface area contributed by atoms with E-state index in [1.165, 1.54) is 0 Å². The lowest BCUT2D eigenvalue weighted by atomic mass is 9.97. The number of nitrogens with zero attached hydrogens (tertiary/aromatic N) is 2. The first kappa shape index (κ1) is 18.7. The highest BCUT2D eigenvalue weighted by Crippen LogP contribution is 2.18. The third kappa shape index (κ3) is 5.44. The summed E-state index contributed by atoms with van der Waals surface area (Å²) in [4.78, 5) is 28.9. The quantitative estimate of drug-likeness (QED) is 0.832. The summed E-state index contributed by atoms with van der Waals surface area (Å²) in [5.41, 5.74) is 0.773. The average Bonchev–Trinajstić information content (AvgIpc) is 2.69. The fraction of sp³-hybridized carbons (Fsp3) is 0.579. The fourth-order valence-corrected chi connectivity index (χ4v) is 3.41. The Hall–Kier alpha value is -2.12. The molecule has 7 heteroatoms. The smallest absolute Gasteiger partial charge is 0.321 e. The third-order valence-electron chi connectivity index (χ3n) is 4.94. The predicted octanol–water partition coefficient (Wildman–Crippen LogP) is 1.38. The zero-order valence-electron chi connectivity index (χ0n) is 15.2. The highest BCUT2D eigenvalue weighted by molar-refractivity contribution is 5.90. The molecule has 2 saturated heterocycles. The van der Waals surface area contributed by atoms with Gasteiger partial charge in [0.05, 0.1) is 19.1 Å². The van der Waals surface area contributed by atoms with E-state index < -0.39 is 0 Å². The Kier molecular flexibility index (Phi) is 6.85. The second kappa shape index (κ2) is 9.54. The van der Waals surface area contributed by atoms with Crippen LogP contribution >= 0.6 is 0 Å². The fourth-order valence-electron chi connectivity index (χ4n) is 3.41. The normalized spacial score (nSPS) is 21.2. The van der Waals surface area contributed by atoms with Gasteiger partial charge < -0.3 is 20.3 Å². The summed E-state index contributed by atoms with van der Waals surface area (Å²) < 4.78 is 5.33. The molecule has 1 unspecified atom stereocenters. The third-order valence-corrected chi connectivity index (χ3v) is 4.94. The van der Waals surface area contributed by atoms with Crippen LogP contribution in [0.1, 0.15) is 12.8 Å². The molecular weight excluding hydrogens is 332 g/mol. The number of para-hydroxylation sites is 1. The maximum atomic E-state index is 12.5. The van der Waals surface area contributed by atoms with Crippen molar-refractivity contribution in [2.24, 2.45) is 5.92 Å². The second-order valence-corrected chi connectivity index (χ2v) is 6.83. The van der Waals surface area contributed by atoms with E-state index in [0.29, 0.717) is 19.6 Å². The van der Waals surface area contributed by atoms with Crippen LogP contribution in [0.4, 0.5) is 10.5 Å². The minimum atomic E-state index is -0.137. The van der Waals surface area contributed by atoms with Gasteiger partial charge in [0.25, 0.3) is 0 Å². The van der Waals surface area contributed by atoms with E-state index in [2.05, 4.69) is 15.5 Å². The molecule has 2 heterocycles. The van der Waals surface area contributed by atoms with Crippen molar-refractivity contribution >= 4 is 17.6 Å². The molecule has 2 N–H and O–H groups in total. The number of carbonyl (C=O) groups excluding carboxylic acids is 2. The first-order valence-electron chi connectivity index (χ1n) is 9.41. The van der Waals surface area contributed by atoms with Gasteiger partial charge in [-0.25, -0.2) is 4.79 Å². The molecule has 2 aliphatic heterocycles. The number of ether oxygens (including phenoxy) is 1. The van der Waals surface area contributed by atoms with E-state index in [9.17, 15) is 9.59 Å². The van der Waals surface area contributed by atoms with E-state index in [4.69, 9.17) is 4.74 Å². The minimum absolute atomic E-state index is 0.0514. The van der Waals surface area contributed by atoms with E-state index in [0.717, 1.165) is 51.4 Å². The molecular formula is C19H28N4O3. The number of urea groups is 1. The van der Waals surface area contributed by atoms with Crippen LogP contribution in [-0.4, -0.2) is 74.2 Å². The van der Waals surface area contributed by atoms with Gasteiger partial charge in [0.1, 0.15) is 0 Å². The van der Waals surface area contributed by atoms with Gasteiger partial charge in [-0.15, -0.1) is 0 Å². The van der Waals surface area contributed by atoms with Crippen molar-refractivity contribution in [1.82, 2.24) is 15.1 Å². The molecule has 142 valence electrons. The summed E-state index contributed by atoms with van der Waals surface area (Å²) in [6.45, 7) is 6.04. The second-order valence-electron chi connectivity index (χ2n) is 6.83. The number of rotatable bonds is 5. The molecule has 3 amide bonds. The van der Waals surface area contributed by atoms with Crippen LogP contribution in [-0.2, 0) is 9.53 Å². The number of hydrogen-bond acceptors (Lipinski definition) is 4. The molecule has 7 nitrogen and oxygen atoms in total. The molecule has 0 spiro atoms. The molecule has 0 bridgehead atoms. The van der Waals surface area contributed by atoms with Crippen LogP contribution in [0.15, 0.2) is 30.3 Å². The van der Waals surface area contributed by atoms with E-state index >= 15 is 0 Å². The molecule has 1 atom stereocenters. The molecule has 1 aromatic carbocycles. The molecule has 0 radical (unpaired) electrons. The molecule has 0 aromatic heterocycles. The van der Waals surface area contributed by atoms with Gasteiger partial charge in [-0.2, -0.15) is 0 Å². The van der Waals surface area contributed by atoms with Crippen LogP contribution < -0.4 is 10.6 Å². The monoisotopic (exact) mass is 360 g/mol. The van der Waals surface area contributed by atoms with Crippen molar-refractivity contribution in [2.75, 3.05) is 57.8 Å². The summed E-state index contributed by atoms with van der Waals surface area (Å²) >= 11 is 0. The predicted molar refractivity (Wildman–Crippen MR) is 100 cm³/mol. The molecule has 26 heavy (non-hydrogen) atoms. The lowest BCUT2D eigenvalue weighted by molar-refractivity contribution is -0.126. The number of benzene rings is 1. The first-order valence-corrected chi connectivity index (χ1v) is 9.41. The number of amides is 3. The zero-order chi connectivity index (χ0) is 18.2. The van der Waals surface area contributed by atoms with Crippen LogP contribution in [0.5, 0.6) is 0 Å². The maximum absolute atomic E-state index is 12.5. The summed E-state index contributed by atoms with van der Waals surface area (Å²) in [5.74, 6) is -0.0783. The standard InChI is InChI=1S/C19H28N4O3/c24-18(20-8-10-22-11-13-26-14-12-22)16-5-4-9-23(15-16)19(25)21-17-6-2-1-3-7-17/h1-3,6-7,16H,4-5,8-15H2,(H,20,24)(H,21,25). The first-order chi connectivity index (χ1) is 12.7. The van der Waals surface area contributed by atoms with Crippen molar-refractivity contribution in [1.29, 1.82) is 0 Å². The minimum Gasteiger partial charge on any atom is -0.379 e. The molecule has 2 aliphatic rings. The summed E-state index contributed by atoms with van der Waals surface area (Å²) in [6, 6.07) is 9.26. The van der Waals surface area contributed by atoms with E-state index in [1.807, 2.05) is 30.3 Å². The van der Waals surface area contributed by atoms with Gasteiger partial charge >= 0.3 is 6.03 Å². The van der Waals surface area contributed by atoms with Crippen LogP contribution in [0.2, 0.25) is 0 Å². The Morgan fingerprint density at radius 3 is 2.65 bits per heavy atom. The Morgan fingerprint density at radius 2 is 1.88 bits per heavy atom. The number of carbonyl (C=O) groups is 2. The molecule has 2 fully saturated rings. The van der Waals surface area contributed by atoms with Crippen molar-refractivity contribution in [3.63, 3.8) is 0 Å². The average molecular weight is 360 g/mol. The molecule has 0 saturated carbocycles. The lowest BCUT2D eigenvalue weighted by Gasteiger charge is -2.32. The van der Waals surface area contributed by atoms with Gasteiger partial charge in [0, 0.05) is 45.0 Å². The Morgan fingerprint density at radius 1 is 1.12 bits per heavy atom. The Bertz CT molecular complexity index is 590. The zero-order valence-corrected chi connectivity index (χ0v) is 15.2. The highest BCUT2D eigenvalue weighted by atomic mass is 16.5. The van der Waals surface area contributed by atoms with Crippen molar-refractivity contribution in [2.45, 2.75) is 12.8 Å². The summed E-state index contributed by atoms with van der Waals surface area (Å²) in [5, 5.41) is 5.92. The lowest BCUT2D eigenvalue weighted by Crippen LogP contribution is -2.48. The van der Waals surface area contributed by atoms with E-state index in [1.54, 1.807) is 4.90 Å². The van der Waals surface area contributed by atoms with Crippen LogP contribution in [0, 0.1) is 5.92 Å². The number of hydrogen-bond donors (Lipinski definition) is 2. The van der Waals surface area contributed by atoms with Gasteiger partial charge in [-0.3, -0.25) is 9.69 Å². The molecule has 3 rings (SSSR count). The van der Waals surface area contributed by atoms with Gasteiger partial charge in [-0.1, -0.05) is 18.2 Å². The van der Waals surface area contributed by atoms with Crippen LogP contribution in [0.3, 0.4) is 0 Å². The topological polar surface area (TPSA) is 73.9 Å². The SMILES string of the molecule is O=C(NCCN1CCOCC1)C1CCCN(C(=O)Nc2ccccc2)C1. The Balaban J connectivity index is 1.42. The summed E-state index contributed by atoms with van der Waals surface area (Å²) in [7, 11) is 0. The van der Waals surface area contributed by atoms with Crippen molar-refractivity contribution < 1.29 is 14.3 Å². The summed E-state index contributed by atoms with van der Waals surface area (Å²) in [6.07, 6.45) is 1.68. The van der Waals surface area contributed by atoms with Crippen molar-refractivity contribution in [3.8, 4) is 0 Å².